The number of benzene rings is 1. The zero-order valence-corrected chi connectivity index (χ0v) is 19.2. The molecule has 2 rings (SSSR count). The Kier molecular flexibility index (Phi) is 8.21. The highest BCUT2D eigenvalue weighted by molar-refractivity contribution is 6.00. The third kappa shape index (κ3) is 6.32. The van der Waals surface area contributed by atoms with Crippen LogP contribution in [0.5, 0.6) is 0 Å². The zero-order chi connectivity index (χ0) is 23.1. The number of hydrogen-bond donors (Lipinski definition) is 1. The van der Waals surface area contributed by atoms with E-state index in [-0.39, 0.29) is 5.57 Å². The average molecular weight is 422 g/mol. The molecule has 0 aliphatic rings. The number of aromatic nitrogens is 1. The van der Waals surface area contributed by atoms with Gasteiger partial charge in [0, 0.05) is 23.6 Å². The van der Waals surface area contributed by atoms with E-state index in [0.717, 1.165) is 41.0 Å². The summed E-state index contributed by atoms with van der Waals surface area (Å²) in [5, 5.41) is 12.2. The molecule has 0 spiro atoms. The first-order valence-corrected chi connectivity index (χ1v) is 10.5. The Bertz CT molecular complexity index is 1040. The van der Waals surface area contributed by atoms with Gasteiger partial charge in [-0.2, -0.15) is 5.26 Å². The van der Waals surface area contributed by atoms with Crippen LogP contribution in [0.1, 0.15) is 48.3 Å². The van der Waals surface area contributed by atoms with Crippen molar-refractivity contribution in [1.82, 2.24) is 4.57 Å². The molecule has 1 aromatic carbocycles. The molecule has 1 amide bonds. The topological polar surface area (TPSA) is 84.1 Å². The maximum absolute atomic E-state index is 12.4. The van der Waals surface area contributed by atoms with Crippen molar-refractivity contribution in [2.45, 2.75) is 54.5 Å². The van der Waals surface area contributed by atoms with Crippen molar-refractivity contribution in [3.05, 3.63) is 57.9 Å². The van der Waals surface area contributed by atoms with Crippen LogP contribution in [-0.2, 0) is 20.9 Å². The van der Waals surface area contributed by atoms with Gasteiger partial charge in [-0.1, -0.05) is 26.0 Å². The third-order valence-corrected chi connectivity index (χ3v) is 5.40. The summed E-state index contributed by atoms with van der Waals surface area (Å²) in [7, 11) is 0. The Morgan fingerprint density at radius 3 is 2.58 bits per heavy atom. The van der Waals surface area contributed by atoms with Crippen molar-refractivity contribution in [3.8, 4) is 6.07 Å². The van der Waals surface area contributed by atoms with Gasteiger partial charge in [0.05, 0.1) is 0 Å². The number of aryl methyl sites for hydroxylation is 2. The normalized spacial score (nSPS) is 11.4. The molecule has 6 heteroatoms. The quantitative estimate of drug-likeness (QED) is 0.375. The van der Waals surface area contributed by atoms with Crippen LogP contribution in [0.15, 0.2) is 29.8 Å². The van der Waals surface area contributed by atoms with Crippen molar-refractivity contribution >= 4 is 23.6 Å². The van der Waals surface area contributed by atoms with Crippen molar-refractivity contribution in [1.29, 1.82) is 5.26 Å². The number of esters is 1. The summed E-state index contributed by atoms with van der Waals surface area (Å²) in [5.41, 5.74) is 5.40. The van der Waals surface area contributed by atoms with Gasteiger partial charge in [-0.15, -0.1) is 0 Å². The third-order valence-electron chi connectivity index (χ3n) is 5.40. The highest BCUT2D eigenvalue weighted by Crippen LogP contribution is 2.20. The molecule has 0 unspecified atom stereocenters. The van der Waals surface area contributed by atoms with Crippen molar-refractivity contribution in [2.24, 2.45) is 5.92 Å². The first-order chi connectivity index (χ1) is 14.6. The lowest BCUT2D eigenvalue weighted by atomic mass is 10.1. The smallest absolute Gasteiger partial charge is 0.349 e. The van der Waals surface area contributed by atoms with Crippen LogP contribution in [0.25, 0.3) is 6.08 Å². The number of hydrogen-bond acceptors (Lipinski definition) is 4. The van der Waals surface area contributed by atoms with E-state index in [2.05, 4.69) is 23.7 Å². The number of rotatable bonds is 8. The van der Waals surface area contributed by atoms with Gasteiger partial charge in [-0.25, -0.2) is 4.79 Å². The number of carbonyl (C=O) groups is 2. The number of nitrogens with one attached hydrogen (secondary N) is 1. The molecular formula is C25H31N3O3. The summed E-state index contributed by atoms with van der Waals surface area (Å²) >= 11 is 0. The van der Waals surface area contributed by atoms with E-state index in [0.29, 0.717) is 11.6 Å². The number of nitrogens with zero attached hydrogens (tertiary/aromatic N) is 2. The molecule has 0 atom stereocenters. The highest BCUT2D eigenvalue weighted by atomic mass is 16.5. The molecule has 6 nitrogen and oxygen atoms in total. The van der Waals surface area contributed by atoms with Crippen LogP contribution in [0, 0.1) is 44.9 Å². The molecule has 0 radical (unpaired) electrons. The Morgan fingerprint density at radius 1 is 1.23 bits per heavy atom. The summed E-state index contributed by atoms with van der Waals surface area (Å²) in [6, 6.07) is 9.43. The van der Waals surface area contributed by atoms with Gasteiger partial charge < -0.3 is 14.6 Å². The molecule has 0 bridgehead atoms. The highest BCUT2D eigenvalue weighted by Gasteiger charge is 2.16. The van der Waals surface area contributed by atoms with Crippen LogP contribution in [0.3, 0.4) is 0 Å². The first-order valence-electron chi connectivity index (χ1n) is 10.5. The fourth-order valence-electron chi connectivity index (χ4n) is 3.28. The van der Waals surface area contributed by atoms with Crippen LogP contribution >= 0.6 is 0 Å². The lowest BCUT2D eigenvalue weighted by Crippen LogP contribution is -2.22. The lowest BCUT2D eigenvalue weighted by molar-refractivity contribution is -0.142. The molecule has 164 valence electrons. The van der Waals surface area contributed by atoms with Crippen molar-refractivity contribution in [3.63, 3.8) is 0 Å². The second-order valence-corrected chi connectivity index (χ2v) is 8.20. The van der Waals surface area contributed by atoms with Gasteiger partial charge >= 0.3 is 5.97 Å². The summed E-state index contributed by atoms with van der Waals surface area (Å²) in [4.78, 5) is 24.6. The number of ether oxygens (including phenoxy) is 1. The maximum atomic E-state index is 12.4. The Labute approximate surface area is 184 Å². The van der Waals surface area contributed by atoms with E-state index in [4.69, 9.17) is 4.74 Å². The van der Waals surface area contributed by atoms with Gasteiger partial charge in [0.2, 0.25) is 0 Å². The molecule has 0 aliphatic heterocycles. The molecule has 1 heterocycles. The molecule has 0 aliphatic carbocycles. The van der Waals surface area contributed by atoms with E-state index < -0.39 is 18.5 Å². The first kappa shape index (κ1) is 23.9. The van der Waals surface area contributed by atoms with Gasteiger partial charge in [-0.05, 0) is 74.9 Å². The maximum Gasteiger partial charge on any atom is 0.349 e. The molecule has 0 saturated heterocycles. The minimum absolute atomic E-state index is 0.136. The molecule has 1 N–H and O–H groups in total. The number of carbonyl (C=O) groups excluding carboxylic acids is 2. The number of amides is 1. The predicted molar refractivity (Wildman–Crippen MR) is 122 cm³/mol. The van der Waals surface area contributed by atoms with Crippen LogP contribution < -0.4 is 5.32 Å². The number of anilines is 1. The number of nitriles is 1. The van der Waals surface area contributed by atoms with Crippen LogP contribution in [0.4, 0.5) is 5.69 Å². The van der Waals surface area contributed by atoms with Crippen LogP contribution in [-0.4, -0.2) is 23.1 Å². The molecule has 2 aromatic rings. The van der Waals surface area contributed by atoms with Gasteiger partial charge in [-0.3, -0.25) is 4.79 Å². The van der Waals surface area contributed by atoms with Crippen molar-refractivity contribution < 1.29 is 14.3 Å². The molecule has 31 heavy (non-hydrogen) atoms. The Hall–Kier alpha value is -3.33. The summed E-state index contributed by atoms with van der Waals surface area (Å²) < 4.78 is 7.26. The predicted octanol–water partition coefficient (Wildman–Crippen LogP) is 4.86. The minimum atomic E-state index is -0.814. The summed E-state index contributed by atoms with van der Waals surface area (Å²) in [6.45, 7) is 12.6. The lowest BCUT2D eigenvalue weighted by Gasteiger charge is -2.11. The SMILES string of the molecule is Cc1cccc(NC(=O)COC(=O)/C(C#N)=C/c2cc(C)n(CCC(C)C)c2C)c1C. The van der Waals surface area contributed by atoms with Crippen molar-refractivity contribution in [2.75, 3.05) is 11.9 Å². The second-order valence-electron chi connectivity index (χ2n) is 8.20. The Balaban J connectivity index is 2.06. The molecular weight excluding hydrogens is 390 g/mol. The second kappa shape index (κ2) is 10.6. The van der Waals surface area contributed by atoms with E-state index in [1.54, 1.807) is 6.07 Å². The molecule has 1 aromatic heterocycles. The Morgan fingerprint density at radius 2 is 1.94 bits per heavy atom. The monoisotopic (exact) mass is 421 g/mol. The molecule has 0 fully saturated rings. The molecule has 0 saturated carbocycles. The van der Waals surface area contributed by atoms with E-state index in [1.165, 1.54) is 6.08 Å². The largest absolute Gasteiger partial charge is 0.451 e. The fraction of sp³-hybridized carbons (Fsp3) is 0.400. The van der Waals surface area contributed by atoms with Gasteiger partial charge in [0.1, 0.15) is 11.6 Å². The van der Waals surface area contributed by atoms with E-state index in [9.17, 15) is 14.9 Å². The van der Waals surface area contributed by atoms with Gasteiger partial charge in [0.15, 0.2) is 6.61 Å². The fourth-order valence-corrected chi connectivity index (χ4v) is 3.28. The van der Waals surface area contributed by atoms with E-state index >= 15 is 0 Å². The summed E-state index contributed by atoms with van der Waals surface area (Å²) in [5.74, 6) is -0.684. The minimum Gasteiger partial charge on any atom is -0.451 e. The summed E-state index contributed by atoms with van der Waals surface area (Å²) in [6.07, 6.45) is 2.57. The van der Waals surface area contributed by atoms with Crippen LogP contribution in [0.2, 0.25) is 0 Å². The standard InChI is InChI=1S/C25H31N3O3/c1-16(2)10-11-28-18(4)12-21(20(28)6)13-22(14-26)25(30)31-15-24(29)27-23-9-7-8-17(3)19(23)5/h7-9,12-13,16H,10-11,15H2,1-6H3,(H,27,29)/b22-13+. The zero-order valence-electron chi connectivity index (χ0n) is 19.2. The van der Waals surface area contributed by atoms with Gasteiger partial charge in [0.25, 0.3) is 5.91 Å². The average Bonchev–Trinajstić information content (AvgIpc) is 2.98. The van der Waals surface area contributed by atoms with E-state index in [1.807, 2.05) is 52.0 Å².